The highest BCUT2D eigenvalue weighted by Gasteiger charge is 2.26. The molecule has 1 aromatic carbocycles. The molecule has 1 aromatic rings. The second kappa shape index (κ2) is 4.14. The van der Waals surface area contributed by atoms with Gasteiger partial charge in [-0.2, -0.15) is 0 Å². The lowest BCUT2D eigenvalue weighted by Gasteiger charge is -2.23. The normalized spacial score (nSPS) is 12.8. The van der Waals surface area contributed by atoms with Crippen molar-refractivity contribution in [3.63, 3.8) is 0 Å². The molecular weight excluding hydrogens is 231 g/mol. The molecule has 1 N–H and O–H groups in total. The van der Waals surface area contributed by atoms with Gasteiger partial charge in [0, 0.05) is 11.7 Å². The summed E-state index contributed by atoms with van der Waals surface area (Å²) in [6.07, 6.45) is 0.959. The Bertz CT molecular complexity index is 492. The van der Waals surface area contributed by atoms with Gasteiger partial charge in [-0.05, 0) is 11.6 Å². The predicted octanol–water partition coefficient (Wildman–Crippen LogP) is 1.50. The Morgan fingerprint density at radius 3 is 2.38 bits per heavy atom. The first-order valence-electron chi connectivity index (χ1n) is 4.80. The van der Waals surface area contributed by atoms with E-state index in [9.17, 15) is 12.8 Å². The minimum atomic E-state index is -3.58. The molecule has 16 heavy (non-hydrogen) atoms. The zero-order valence-corrected chi connectivity index (χ0v) is 10.3. The molecule has 90 valence electrons. The molecule has 0 atom stereocenters. The van der Waals surface area contributed by atoms with E-state index < -0.39 is 21.1 Å². The maximum atomic E-state index is 14.0. The summed E-state index contributed by atoms with van der Waals surface area (Å²) < 4.78 is 36.6. The molecule has 0 aromatic heterocycles. The Hall–Kier alpha value is -0.940. The smallest absolute Gasteiger partial charge is 0.178 e. The van der Waals surface area contributed by atoms with Gasteiger partial charge in [0.05, 0.1) is 6.61 Å². The topological polar surface area (TPSA) is 54.4 Å². The van der Waals surface area contributed by atoms with Crippen molar-refractivity contribution in [2.24, 2.45) is 0 Å². The van der Waals surface area contributed by atoms with Gasteiger partial charge in [0.15, 0.2) is 9.84 Å². The number of aliphatic hydroxyl groups is 1. The van der Waals surface area contributed by atoms with Gasteiger partial charge in [0.25, 0.3) is 0 Å². The molecular formula is C11H15FO3S. The Kier molecular flexibility index (Phi) is 3.40. The van der Waals surface area contributed by atoms with E-state index in [1.807, 2.05) is 0 Å². The van der Waals surface area contributed by atoms with Crippen LogP contribution in [0.3, 0.4) is 0 Å². The molecule has 3 nitrogen and oxygen atoms in total. The van der Waals surface area contributed by atoms with E-state index in [0.29, 0.717) is 0 Å². The van der Waals surface area contributed by atoms with Crippen LogP contribution in [0.1, 0.15) is 19.4 Å². The zero-order chi connectivity index (χ0) is 12.6. The third-order valence-electron chi connectivity index (χ3n) is 2.49. The second-order valence-corrected chi connectivity index (χ2v) is 6.42. The standard InChI is InChI=1S/C11H15FO3S/c1-11(2,7-13)8-5-4-6-9(10(8)12)16(3,14)15/h4-6,13H,7H2,1-3H3. The van der Waals surface area contributed by atoms with E-state index in [1.54, 1.807) is 13.8 Å². The fraction of sp³-hybridized carbons (Fsp3) is 0.455. The van der Waals surface area contributed by atoms with Crippen molar-refractivity contribution >= 4 is 9.84 Å². The quantitative estimate of drug-likeness (QED) is 0.879. The van der Waals surface area contributed by atoms with Gasteiger partial charge in [0.1, 0.15) is 10.7 Å². The average molecular weight is 246 g/mol. The molecule has 0 bridgehead atoms. The number of aliphatic hydroxyl groups excluding tert-OH is 1. The van der Waals surface area contributed by atoms with Crippen molar-refractivity contribution in [2.45, 2.75) is 24.2 Å². The molecule has 0 saturated carbocycles. The molecule has 1 rings (SSSR count). The van der Waals surface area contributed by atoms with E-state index in [1.165, 1.54) is 18.2 Å². The van der Waals surface area contributed by atoms with Crippen LogP contribution in [0.15, 0.2) is 23.1 Å². The first-order chi connectivity index (χ1) is 7.20. The van der Waals surface area contributed by atoms with Crippen molar-refractivity contribution in [3.05, 3.63) is 29.6 Å². The van der Waals surface area contributed by atoms with Gasteiger partial charge < -0.3 is 5.11 Å². The lowest BCUT2D eigenvalue weighted by molar-refractivity contribution is 0.214. The molecule has 0 spiro atoms. The maximum absolute atomic E-state index is 14.0. The molecule has 0 fully saturated rings. The summed E-state index contributed by atoms with van der Waals surface area (Å²) in [4.78, 5) is -0.327. The third-order valence-corrected chi connectivity index (χ3v) is 3.60. The number of halogens is 1. The number of hydrogen-bond acceptors (Lipinski definition) is 3. The number of benzene rings is 1. The SMILES string of the molecule is CC(C)(CO)c1cccc(S(C)(=O)=O)c1F. The fourth-order valence-corrected chi connectivity index (χ4v) is 2.17. The highest BCUT2D eigenvalue weighted by atomic mass is 32.2. The van der Waals surface area contributed by atoms with Crippen LogP contribution < -0.4 is 0 Å². The largest absolute Gasteiger partial charge is 0.395 e. The maximum Gasteiger partial charge on any atom is 0.178 e. The Morgan fingerprint density at radius 1 is 1.38 bits per heavy atom. The molecule has 5 heteroatoms. The number of sulfone groups is 1. The van der Waals surface area contributed by atoms with E-state index in [-0.39, 0.29) is 17.1 Å². The molecule has 0 aliphatic carbocycles. The van der Waals surface area contributed by atoms with Gasteiger partial charge >= 0.3 is 0 Å². The van der Waals surface area contributed by atoms with Crippen molar-refractivity contribution < 1.29 is 17.9 Å². The molecule has 0 unspecified atom stereocenters. The van der Waals surface area contributed by atoms with Gasteiger partial charge in [-0.25, -0.2) is 12.8 Å². The molecule has 0 saturated heterocycles. The van der Waals surface area contributed by atoms with Crippen LogP contribution in [0.4, 0.5) is 4.39 Å². The fourth-order valence-electron chi connectivity index (χ4n) is 1.41. The van der Waals surface area contributed by atoms with Gasteiger partial charge in [-0.3, -0.25) is 0 Å². The molecule has 0 radical (unpaired) electrons. The summed E-state index contributed by atoms with van der Waals surface area (Å²) in [6, 6.07) is 4.19. The highest BCUT2D eigenvalue weighted by molar-refractivity contribution is 7.90. The van der Waals surface area contributed by atoms with Crippen LogP contribution in [-0.2, 0) is 15.3 Å². The zero-order valence-electron chi connectivity index (χ0n) is 9.49. The number of rotatable bonds is 3. The minimum absolute atomic E-state index is 0.206. The minimum Gasteiger partial charge on any atom is -0.395 e. The van der Waals surface area contributed by atoms with E-state index in [0.717, 1.165) is 6.26 Å². The van der Waals surface area contributed by atoms with Crippen LogP contribution in [-0.4, -0.2) is 26.4 Å². The monoisotopic (exact) mass is 246 g/mol. The summed E-state index contributed by atoms with van der Waals surface area (Å²) in [7, 11) is -3.58. The van der Waals surface area contributed by atoms with E-state index >= 15 is 0 Å². The Labute approximate surface area is 94.8 Å². The van der Waals surface area contributed by atoms with Crippen molar-refractivity contribution in [1.29, 1.82) is 0 Å². The molecule has 0 aliphatic rings. The van der Waals surface area contributed by atoms with Crippen LogP contribution in [0.2, 0.25) is 0 Å². The summed E-state index contributed by atoms with van der Waals surface area (Å²) >= 11 is 0. The summed E-state index contributed by atoms with van der Waals surface area (Å²) in [5, 5.41) is 9.15. The first-order valence-corrected chi connectivity index (χ1v) is 6.69. The number of hydrogen-bond donors (Lipinski definition) is 1. The first kappa shape index (κ1) is 13.1. The van der Waals surface area contributed by atoms with E-state index in [2.05, 4.69) is 0 Å². The highest BCUT2D eigenvalue weighted by Crippen LogP contribution is 2.28. The summed E-state index contributed by atoms with van der Waals surface area (Å²) in [5.74, 6) is -0.774. The predicted molar refractivity (Wildman–Crippen MR) is 59.6 cm³/mol. The molecule has 0 heterocycles. The second-order valence-electron chi connectivity index (χ2n) is 4.43. The summed E-state index contributed by atoms with van der Waals surface area (Å²) in [5.41, 5.74) is -0.594. The molecule has 0 amide bonds. The van der Waals surface area contributed by atoms with Crippen molar-refractivity contribution in [1.82, 2.24) is 0 Å². The average Bonchev–Trinajstić information content (AvgIpc) is 2.16. The van der Waals surface area contributed by atoms with E-state index in [4.69, 9.17) is 5.11 Å². The van der Waals surface area contributed by atoms with Crippen molar-refractivity contribution in [2.75, 3.05) is 12.9 Å². The summed E-state index contributed by atoms with van der Waals surface area (Å²) in [6.45, 7) is 3.05. The van der Waals surface area contributed by atoms with Gasteiger partial charge in [-0.15, -0.1) is 0 Å². The van der Waals surface area contributed by atoms with Crippen LogP contribution in [0.25, 0.3) is 0 Å². The van der Waals surface area contributed by atoms with Crippen LogP contribution in [0.5, 0.6) is 0 Å². The lowest BCUT2D eigenvalue weighted by atomic mass is 9.85. The van der Waals surface area contributed by atoms with Crippen LogP contribution in [0, 0.1) is 5.82 Å². The van der Waals surface area contributed by atoms with Gasteiger partial charge in [0.2, 0.25) is 0 Å². The van der Waals surface area contributed by atoms with Gasteiger partial charge in [-0.1, -0.05) is 26.0 Å². The molecule has 0 aliphatic heterocycles. The lowest BCUT2D eigenvalue weighted by Crippen LogP contribution is -2.24. The van der Waals surface area contributed by atoms with Crippen molar-refractivity contribution in [3.8, 4) is 0 Å². The Morgan fingerprint density at radius 2 is 1.94 bits per heavy atom. The van der Waals surface area contributed by atoms with Crippen LogP contribution >= 0.6 is 0 Å². The Balaban J connectivity index is 3.48. The third kappa shape index (κ3) is 2.41.